The molecule has 2 heterocycles. The van der Waals surface area contributed by atoms with Crippen LogP contribution in [0.15, 0.2) is 48.8 Å². The zero-order valence-electron chi connectivity index (χ0n) is 14.9. The van der Waals surface area contributed by atoms with E-state index in [0.717, 1.165) is 49.6 Å². The molecule has 7 heteroatoms. The Morgan fingerprint density at radius 2 is 1.85 bits per heavy atom. The molecule has 0 amide bonds. The highest BCUT2D eigenvalue weighted by Gasteiger charge is 2.17. The molecule has 1 aromatic heterocycles. The largest absolute Gasteiger partial charge is 0.545 e. The summed E-state index contributed by atoms with van der Waals surface area (Å²) in [6.07, 6.45) is 1.71. The van der Waals surface area contributed by atoms with Crippen LogP contribution in [0.25, 0.3) is 16.7 Å². The number of aromatic carboxylic acids is 1. The van der Waals surface area contributed by atoms with Crippen molar-refractivity contribution in [3.63, 3.8) is 0 Å². The number of aliphatic hydroxyl groups is 1. The summed E-state index contributed by atoms with van der Waals surface area (Å²) in [5, 5.41) is 20.1. The van der Waals surface area contributed by atoms with Crippen molar-refractivity contribution in [2.75, 3.05) is 44.2 Å². The number of anilines is 1. The van der Waals surface area contributed by atoms with Crippen molar-refractivity contribution in [1.29, 1.82) is 0 Å². The highest BCUT2D eigenvalue weighted by molar-refractivity contribution is 5.91. The van der Waals surface area contributed by atoms with E-state index in [-0.39, 0.29) is 12.2 Å². The van der Waals surface area contributed by atoms with Crippen molar-refractivity contribution in [3.05, 3.63) is 54.4 Å². The molecule has 1 saturated heterocycles. The van der Waals surface area contributed by atoms with E-state index in [1.165, 1.54) is 6.07 Å². The van der Waals surface area contributed by atoms with E-state index in [1.807, 2.05) is 16.7 Å². The fourth-order valence-corrected chi connectivity index (χ4v) is 3.56. The van der Waals surface area contributed by atoms with Crippen LogP contribution in [0.4, 0.5) is 5.69 Å². The Morgan fingerprint density at radius 1 is 1.07 bits per heavy atom. The van der Waals surface area contributed by atoms with Gasteiger partial charge in [-0.1, -0.05) is 12.1 Å². The lowest BCUT2D eigenvalue weighted by Gasteiger charge is -2.36. The molecular weight excluding hydrogens is 344 g/mol. The molecule has 0 atom stereocenters. The summed E-state index contributed by atoms with van der Waals surface area (Å²) in [4.78, 5) is 20.0. The SMILES string of the molecule is O=C([O-])c1ccc2c(c1)ncn2-c1cccc(N2CCN(CCO)CC2)c1. The van der Waals surface area contributed by atoms with E-state index in [1.54, 1.807) is 18.5 Å². The number of carbonyl (C=O) groups excluding carboxylic acids is 1. The van der Waals surface area contributed by atoms with Crippen LogP contribution in [0.5, 0.6) is 0 Å². The molecule has 140 valence electrons. The van der Waals surface area contributed by atoms with E-state index >= 15 is 0 Å². The second kappa shape index (κ2) is 7.38. The van der Waals surface area contributed by atoms with Gasteiger partial charge < -0.3 is 19.9 Å². The molecule has 0 saturated carbocycles. The molecule has 4 rings (SSSR count). The van der Waals surface area contributed by atoms with E-state index in [9.17, 15) is 9.90 Å². The molecule has 0 aliphatic carbocycles. The van der Waals surface area contributed by atoms with Crippen LogP contribution in [-0.2, 0) is 0 Å². The minimum Gasteiger partial charge on any atom is -0.545 e. The van der Waals surface area contributed by atoms with Gasteiger partial charge in [0.15, 0.2) is 0 Å². The second-order valence-electron chi connectivity index (χ2n) is 6.68. The number of fused-ring (bicyclic) bond motifs is 1. The third kappa shape index (κ3) is 3.51. The molecule has 2 aromatic carbocycles. The third-order valence-electron chi connectivity index (χ3n) is 5.04. The van der Waals surface area contributed by atoms with Crippen molar-refractivity contribution in [2.45, 2.75) is 0 Å². The average Bonchev–Trinajstić information content (AvgIpc) is 3.12. The first-order valence-electron chi connectivity index (χ1n) is 9.03. The third-order valence-corrected chi connectivity index (χ3v) is 5.04. The number of benzene rings is 2. The first-order chi connectivity index (χ1) is 13.2. The lowest BCUT2D eigenvalue weighted by Crippen LogP contribution is -2.47. The number of hydrogen-bond acceptors (Lipinski definition) is 6. The Bertz CT molecular complexity index is 961. The summed E-state index contributed by atoms with van der Waals surface area (Å²) in [5.41, 5.74) is 3.73. The summed E-state index contributed by atoms with van der Waals surface area (Å²) in [7, 11) is 0. The lowest BCUT2D eigenvalue weighted by atomic mass is 10.2. The first-order valence-corrected chi connectivity index (χ1v) is 9.03. The monoisotopic (exact) mass is 365 g/mol. The summed E-state index contributed by atoms with van der Waals surface area (Å²) >= 11 is 0. The number of nitrogens with zero attached hydrogens (tertiary/aromatic N) is 4. The zero-order valence-corrected chi connectivity index (χ0v) is 14.9. The summed E-state index contributed by atoms with van der Waals surface area (Å²) in [6.45, 7) is 4.63. The number of piperazine rings is 1. The fourth-order valence-electron chi connectivity index (χ4n) is 3.56. The number of carbonyl (C=O) groups is 1. The molecule has 0 bridgehead atoms. The van der Waals surface area contributed by atoms with Gasteiger partial charge in [-0.3, -0.25) is 9.47 Å². The van der Waals surface area contributed by atoms with Crippen LogP contribution in [0, 0.1) is 0 Å². The van der Waals surface area contributed by atoms with Gasteiger partial charge in [0.1, 0.15) is 6.33 Å². The lowest BCUT2D eigenvalue weighted by molar-refractivity contribution is -0.255. The molecular formula is C20H21N4O3-. The minimum atomic E-state index is -1.20. The number of imidazole rings is 1. The van der Waals surface area contributed by atoms with Gasteiger partial charge >= 0.3 is 0 Å². The van der Waals surface area contributed by atoms with E-state index in [0.29, 0.717) is 5.52 Å². The quantitative estimate of drug-likeness (QED) is 0.709. The van der Waals surface area contributed by atoms with Gasteiger partial charge in [0.25, 0.3) is 0 Å². The topological polar surface area (TPSA) is 84.7 Å². The molecule has 1 aliphatic heterocycles. The highest BCUT2D eigenvalue weighted by atomic mass is 16.4. The van der Waals surface area contributed by atoms with Crippen LogP contribution in [0.1, 0.15) is 10.4 Å². The van der Waals surface area contributed by atoms with Crippen molar-refractivity contribution < 1.29 is 15.0 Å². The number of carboxylic acids is 1. The molecule has 1 N–H and O–H groups in total. The first kappa shape index (κ1) is 17.5. The van der Waals surface area contributed by atoms with Crippen LogP contribution < -0.4 is 10.0 Å². The molecule has 3 aromatic rings. The Labute approximate surface area is 157 Å². The van der Waals surface area contributed by atoms with E-state index < -0.39 is 5.97 Å². The molecule has 7 nitrogen and oxygen atoms in total. The Kier molecular flexibility index (Phi) is 4.79. The van der Waals surface area contributed by atoms with Gasteiger partial charge in [-0.15, -0.1) is 0 Å². The fraction of sp³-hybridized carbons (Fsp3) is 0.300. The molecule has 27 heavy (non-hydrogen) atoms. The maximum absolute atomic E-state index is 11.0. The number of hydrogen-bond donors (Lipinski definition) is 1. The number of aromatic nitrogens is 2. The summed E-state index contributed by atoms with van der Waals surface area (Å²) < 4.78 is 1.96. The van der Waals surface area contributed by atoms with E-state index in [4.69, 9.17) is 5.11 Å². The van der Waals surface area contributed by atoms with Crippen LogP contribution in [-0.4, -0.2) is 64.9 Å². The minimum absolute atomic E-state index is 0.127. The summed E-state index contributed by atoms with van der Waals surface area (Å²) in [6, 6.07) is 13.1. The smallest absolute Gasteiger partial charge is 0.100 e. The molecule has 1 fully saturated rings. The number of rotatable bonds is 5. The molecule has 0 spiro atoms. The van der Waals surface area contributed by atoms with Gasteiger partial charge in [-0.2, -0.15) is 0 Å². The van der Waals surface area contributed by atoms with Gasteiger partial charge in [-0.25, -0.2) is 4.98 Å². The predicted molar refractivity (Wildman–Crippen MR) is 101 cm³/mol. The number of carboxylic acid groups (broad SMARTS) is 1. The Balaban J connectivity index is 1.60. The van der Waals surface area contributed by atoms with Gasteiger partial charge in [0.2, 0.25) is 0 Å². The van der Waals surface area contributed by atoms with Gasteiger partial charge in [-0.05, 0) is 35.9 Å². The Hall–Kier alpha value is -2.90. The van der Waals surface area contributed by atoms with Gasteiger partial charge in [0, 0.05) is 44.1 Å². The van der Waals surface area contributed by atoms with Crippen molar-refractivity contribution in [2.24, 2.45) is 0 Å². The summed E-state index contributed by atoms with van der Waals surface area (Å²) in [5.74, 6) is -1.20. The maximum atomic E-state index is 11.0. The Morgan fingerprint density at radius 3 is 2.59 bits per heavy atom. The normalized spacial score (nSPS) is 15.4. The molecule has 1 aliphatic rings. The van der Waals surface area contributed by atoms with Crippen LogP contribution >= 0.6 is 0 Å². The van der Waals surface area contributed by atoms with Crippen LogP contribution in [0.3, 0.4) is 0 Å². The average molecular weight is 365 g/mol. The van der Waals surface area contributed by atoms with Crippen molar-refractivity contribution in [1.82, 2.24) is 14.5 Å². The number of aliphatic hydroxyl groups excluding tert-OH is 1. The highest BCUT2D eigenvalue weighted by Crippen LogP contribution is 2.24. The van der Waals surface area contributed by atoms with Gasteiger partial charge in [0.05, 0.1) is 23.6 Å². The van der Waals surface area contributed by atoms with E-state index in [2.05, 4.69) is 26.9 Å². The second-order valence-corrected chi connectivity index (χ2v) is 6.68. The maximum Gasteiger partial charge on any atom is 0.100 e. The van der Waals surface area contributed by atoms with Crippen LogP contribution in [0.2, 0.25) is 0 Å². The van der Waals surface area contributed by atoms with Crippen molar-refractivity contribution in [3.8, 4) is 5.69 Å². The van der Waals surface area contributed by atoms with Crippen molar-refractivity contribution >= 4 is 22.7 Å². The zero-order chi connectivity index (χ0) is 18.8. The standard InChI is InChI=1S/C20H22N4O3/c25-11-10-22-6-8-23(9-7-22)16-2-1-3-17(13-16)24-14-21-18-12-15(20(26)27)4-5-19(18)24/h1-5,12-14,25H,6-11H2,(H,26,27)/p-1. The number of β-amino-alcohol motifs (C(OH)–C–C–N with tert-alkyl or cyclic N) is 1. The predicted octanol–water partition coefficient (Wildman–Crippen LogP) is 0.503. The molecule has 0 radical (unpaired) electrons. The molecule has 0 unspecified atom stereocenters.